The van der Waals surface area contributed by atoms with Crippen LogP contribution in [-0.4, -0.2) is 4.98 Å². The monoisotopic (exact) mass is 164 g/mol. The first-order valence-corrected chi connectivity index (χ1v) is 4.14. The number of nitrogens with zero attached hydrogens (tertiary/aromatic N) is 1. The number of pyridine rings is 1. The average Bonchev–Trinajstić information content (AvgIpc) is 1.83. The number of hydrogen-bond donors (Lipinski definition) is 1. The molecule has 0 aliphatic rings. The fourth-order valence-electron chi connectivity index (χ4n) is 1.37. The number of aryl methyl sites for hydroxylation is 2. The van der Waals surface area contributed by atoms with E-state index in [9.17, 15) is 0 Å². The Labute approximate surface area is 73.8 Å². The van der Waals surface area contributed by atoms with E-state index in [1.807, 2.05) is 27.0 Å². The fourth-order valence-corrected chi connectivity index (χ4v) is 1.37. The van der Waals surface area contributed by atoms with Gasteiger partial charge in [-0.05, 0) is 44.9 Å². The lowest BCUT2D eigenvalue weighted by Gasteiger charge is -2.21. The molecule has 2 heteroatoms. The predicted octanol–water partition coefficient (Wildman–Crippen LogP) is 1.89. The fraction of sp³-hybridized carbons (Fsp3) is 0.500. The quantitative estimate of drug-likeness (QED) is 0.688. The van der Waals surface area contributed by atoms with E-state index in [0.29, 0.717) is 0 Å². The van der Waals surface area contributed by atoms with Gasteiger partial charge in [0.15, 0.2) is 0 Å². The highest BCUT2D eigenvalue weighted by Gasteiger charge is 2.16. The van der Waals surface area contributed by atoms with Crippen LogP contribution in [0.1, 0.15) is 30.7 Å². The van der Waals surface area contributed by atoms with E-state index in [4.69, 9.17) is 5.73 Å². The first kappa shape index (κ1) is 9.20. The van der Waals surface area contributed by atoms with E-state index < -0.39 is 0 Å². The summed E-state index contributed by atoms with van der Waals surface area (Å²) in [4.78, 5) is 4.23. The molecule has 0 spiro atoms. The van der Waals surface area contributed by atoms with E-state index in [1.165, 1.54) is 5.56 Å². The van der Waals surface area contributed by atoms with Gasteiger partial charge in [0.25, 0.3) is 0 Å². The van der Waals surface area contributed by atoms with Gasteiger partial charge in [-0.2, -0.15) is 0 Å². The van der Waals surface area contributed by atoms with E-state index >= 15 is 0 Å². The largest absolute Gasteiger partial charge is 0.322 e. The smallest absolute Gasteiger partial charge is 0.0375 e. The minimum atomic E-state index is -0.287. The topological polar surface area (TPSA) is 38.9 Å². The van der Waals surface area contributed by atoms with Crippen molar-refractivity contribution in [2.75, 3.05) is 0 Å². The SMILES string of the molecule is Cc1cc(C)c(C(C)(C)N)cn1. The molecular weight excluding hydrogens is 148 g/mol. The maximum atomic E-state index is 5.97. The van der Waals surface area contributed by atoms with Gasteiger partial charge in [0.05, 0.1) is 0 Å². The Hall–Kier alpha value is -0.890. The molecule has 66 valence electrons. The second kappa shape index (κ2) is 2.87. The van der Waals surface area contributed by atoms with Gasteiger partial charge in [-0.25, -0.2) is 0 Å². The van der Waals surface area contributed by atoms with Crippen molar-refractivity contribution in [2.45, 2.75) is 33.2 Å². The summed E-state index contributed by atoms with van der Waals surface area (Å²) >= 11 is 0. The van der Waals surface area contributed by atoms with E-state index in [-0.39, 0.29) is 5.54 Å². The van der Waals surface area contributed by atoms with E-state index in [1.54, 1.807) is 0 Å². The Balaban J connectivity index is 3.19. The second-order valence-electron chi connectivity index (χ2n) is 3.86. The maximum Gasteiger partial charge on any atom is 0.0375 e. The lowest BCUT2D eigenvalue weighted by Crippen LogP contribution is -2.29. The Morgan fingerprint density at radius 3 is 2.33 bits per heavy atom. The van der Waals surface area contributed by atoms with Crippen LogP contribution in [0.4, 0.5) is 0 Å². The molecule has 2 N–H and O–H groups in total. The molecule has 1 heterocycles. The molecule has 0 aliphatic heterocycles. The molecule has 0 radical (unpaired) electrons. The Morgan fingerprint density at radius 1 is 1.33 bits per heavy atom. The molecular formula is C10H16N2. The van der Waals surface area contributed by atoms with Gasteiger partial charge >= 0.3 is 0 Å². The van der Waals surface area contributed by atoms with Crippen LogP contribution in [0.3, 0.4) is 0 Å². The number of rotatable bonds is 1. The number of aromatic nitrogens is 1. The zero-order valence-electron chi connectivity index (χ0n) is 8.18. The zero-order chi connectivity index (χ0) is 9.35. The van der Waals surface area contributed by atoms with Gasteiger partial charge in [-0.3, -0.25) is 4.98 Å². The normalized spacial score (nSPS) is 11.8. The third-order valence-corrected chi connectivity index (χ3v) is 1.94. The highest BCUT2D eigenvalue weighted by Crippen LogP contribution is 2.19. The molecule has 0 fully saturated rings. The Kier molecular flexibility index (Phi) is 2.20. The van der Waals surface area contributed by atoms with Crippen LogP contribution in [0.15, 0.2) is 12.3 Å². The summed E-state index contributed by atoms with van der Waals surface area (Å²) in [5, 5.41) is 0. The molecule has 0 saturated heterocycles. The predicted molar refractivity (Wildman–Crippen MR) is 50.9 cm³/mol. The summed E-state index contributed by atoms with van der Waals surface area (Å²) in [6, 6.07) is 2.06. The van der Waals surface area contributed by atoms with Gasteiger partial charge in [-0.15, -0.1) is 0 Å². The van der Waals surface area contributed by atoms with Crippen molar-refractivity contribution in [3.63, 3.8) is 0 Å². The summed E-state index contributed by atoms with van der Waals surface area (Å²) in [7, 11) is 0. The van der Waals surface area contributed by atoms with Crippen LogP contribution >= 0.6 is 0 Å². The lowest BCUT2D eigenvalue weighted by atomic mass is 9.93. The third-order valence-electron chi connectivity index (χ3n) is 1.94. The number of hydrogen-bond acceptors (Lipinski definition) is 2. The van der Waals surface area contributed by atoms with Crippen LogP contribution in [0, 0.1) is 13.8 Å². The van der Waals surface area contributed by atoms with Gasteiger partial charge in [0.1, 0.15) is 0 Å². The van der Waals surface area contributed by atoms with Crippen LogP contribution in [-0.2, 0) is 5.54 Å². The first-order valence-electron chi connectivity index (χ1n) is 4.14. The molecule has 0 amide bonds. The summed E-state index contributed by atoms with van der Waals surface area (Å²) in [6.45, 7) is 8.04. The van der Waals surface area contributed by atoms with Gasteiger partial charge in [-0.1, -0.05) is 0 Å². The Bertz CT molecular complexity index is 284. The zero-order valence-corrected chi connectivity index (χ0v) is 8.18. The molecule has 1 rings (SSSR count). The molecule has 12 heavy (non-hydrogen) atoms. The summed E-state index contributed by atoms with van der Waals surface area (Å²) in [5.74, 6) is 0. The summed E-state index contributed by atoms with van der Waals surface area (Å²) in [6.07, 6.45) is 1.87. The lowest BCUT2D eigenvalue weighted by molar-refractivity contribution is 0.548. The van der Waals surface area contributed by atoms with Crippen molar-refractivity contribution in [1.29, 1.82) is 0 Å². The van der Waals surface area contributed by atoms with Crippen molar-refractivity contribution in [3.8, 4) is 0 Å². The minimum absolute atomic E-state index is 0.287. The van der Waals surface area contributed by atoms with Crippen LogP contribution in [0.25, 0.3) is 0 Å². The highest BCUT2D eigenvalue weighted by atomic mass is 14.7. The highest BCUT2D eigenvalue weighted by molar-refractivity contribution is 5.30. The number of nitrogens with two attached hydrogens (primary N) is 1. The van der Waals surface area contributed by atoms with Crippen LogP contribution in [0.5, 0.6) is 0 Å². The minimum Gasteiger partial charge on any atom is -0.322 e. The molecule has 1 aromatic heterocycles. The van der Waals surface area contributed by atoms with E-state index in [2.05, 4.69) is 18.0 Å². The van der Waals surface area contributed by atoms with Crippen LogP contribution < -0.4 is 5.73 Å². The van der Waals surface area contributed by atoms with Crippen molar-refractivity contribution in [2.24, 2.45) is 5.73 Å². The van der Waals surface area contributed by atoms with Crippen molar-refractivity contribution < 1.29 is 0 Å². The second-order valence-corrected chi connectivity index (χ2v) is 3.86. The van der Waals surface area contributed by atoms with Gasteiger partial charge in [0.2, 0.25) is 0 Å². The standard InChI is InChI=1S/C10H16N2/c1-7-5-8(2)12-6-9(7)10(3,4)11/h5-6H,11H2,1-4H3. The van der Waals surface area contributed by atoms with Crippen LogP contribution in [0.2, 0.25) is 0 Å². The Morgan fingerprint density at radius 2 is 1.92 bits per heavy atom. The molecule has 0 unspecified atom stereocenters. The molecule has 0 aliphatic carbocycles. The average molecular weight is 164 g/mol. The first-order chi connectivity index (χ1) is 5.41. The van der Waals surface area contributed by atoms with Crippen molar-refractivity contribution in [1.82, 2.24) is 4.98 Å². The van der Waals surface area contributed by atoms with Gasteiger partial charge in [0, 0.05) is 17.4 Å². The van der Waals surface area contributed by atoms with Crippen molar-refractivity contribution in [3.05, 3.63) is 29.1 Å². The van der Waals surface area contributed by atoms with Gasteiger partial charge < -0.3 is 5.73 Å². The van der Waals surface area contributed by atoms with Crippen molar-refractivity contribution >= 4 is 0 Å². The molecule has 0 atom stereocenters. The molecule has 0 aromatic carbocycles. The third kappa shape index (κ3) is 1.83. The molecule has 2 nitrogen and oxygen atoms in total. The summed E-state index contributed by atoms with van der Waals surface area (Å²) in [5.41, 5.74) is 9.06. The maximum absolute atomic E-state index is 5.97. The van der Waals surface area contributed by atoms with E-state index in [0.717, 1.165) is 11.3 Å². The molecule has 0 saturated carbocycles. The molecule has 1 aromatic rings. The molecule has 0 bridgehead atoms. The summed E-state index contributed by atoms with van der Waals surface area (Å²) < 4.78 is 0.